The highest BCUT2D eigenvalue weighted by Gasteiger charge is 2.31. The average Bonchev–Trinajstić information content (AvgIpc) is 2.58. The Morgan fingerprint density at radius 1 is 1.38 bits per heavy atom. The minimum atomic E-state index is -0.396. The van der Waals surface area contributed by atoms with E-state index in [1.165, 1.54) is 10.5 Å². The minimum Gasteiger partial charge on any atom is -0.459 e. The van der Waals surface area contributed by atoms with Gasteiger partial charge < -0.3 is 4.74 Å². The molecule has 1 heterocycles. The molecule has 1 aliphatic rings. The summed E-state index contributed by atoms with van der Waals surface area (Å²) in [6.45, 7) is 5.70. The van der Waals surface area contributed by atoms with Crippen LogP contribution in [-0.2, 0) is 16.0 Å². The molecule has 0 saturated carbocycles. The van der Waals surface area contributed by atoms with Crippen molar-refractivity contribution in [2.24, 2.45) is 0 Å². The van der Waals surface area contributed by atoms with Crippen LogP contribution in [0.4, 0.5) is 0 Å². The van der Waals surface area contributed by atoms with Crippen molar-refractivity contribution in [3.8, 4) is 0 Å². The topological polar surface area (TPSA) is 26.3 Å². The fourth-order valence-corrected chi connectivity index (χ4v) is 2.85. The van der Waals surface area contributed by atoms with Crippen LogP contribution < -0.4 is 0 Å². The van der Waals surface area contributed by atoms with Crippen LogP contribution in [0.15, 0.2) is 29.2 Å². The number of ether oxygens (including phenoxy) is 1. The van der Waals surface area contributed by atoms with E-state index in [-0.39, 0.29) is 11.2 Å². The molecule has 1 unspecified atom stereocenters. The quantitative estimate of drug-likeness (QED) is 0.701. The molecule has 0 spiro atoms. The van der Waals surface area contributed by atoms with Gasteiger partial charge in [0.1, 0.15) is 10.9 Å². The minimum absolute atomic E-state index is 0.0726. The Morgan fingerprint density at radius 3 is 2.69 bits per heavy atom. The molecule has 0 bridgehead atoms. The second-order valence-electron chi connectivity index (χ2n) is 4.95. The van der Waals surface area contributed by atoms with Crippen molar-refractivity contribution in [2.45, 2.75) is 42.9 Å². The lowest BCUT2D eigenvalue weighted by Gasteiger charge is -2.21. The Morgan fingerprint density at radius 2 is 2.06 bits per heavy atom. The maximum absolute atomic E-state index is 11.9. The van der Waals surface area contributed by atoms with Gasteiger partial charge in [0.25, 0.3) is 0 Å². The van der Waals surface area contributed by atoms with Crippen LogP contribution >= 0.6 is 11.8 Å². The number of carbonyl (C=O) groups is 1. The molecular formula is C13H16O2S. The van der Waals surface area contributed by atoms with E-state index in [2.05, 4.69) is 12.1 Å². The number of carbonyl (C=O) groups excluding carboxylic acids is 1. The van der Waals surface area contributed by atoms with Crippen molar-refractivity contribution in [1.82, 2.24) is 0 Å². The third kappa shape index (κ3) is 2.59. The van der Waals surface area contributed by atoms with Gasteiger partial charge in [0.15, 0.2) is 0 Å². The highest BCUT2D eigenvalue weighted by molar-refractivity contribution is 8.01. The summed E-state index contributed by atoms with van der Waals surface area (Å²) >= 11 is 1.61. The van der Waals surface area contributed by atoms with Crippen molar-refractivity contribution >= 4 is 17.7 Å². The van der Waals surface area contributed by atoms with Gasteiger partial charge in [-0.15, -0.1) is 11.8 Å². The van der Waals surface area contributed by atoms with Gasteiger partial charge in [-0.05, 0) is 38.8 Å². The molecular weight excluding hydrogens is 220 g/mol. The van der Waals surface area contributed by atoms with Crippen LogP contribution in [0, 0.1) is 0 Å². The summed E-state index contributed by atoms with van der Waals surface area (Å²) in [6, 6.07) is 8.15. The van der Waals surface area contributed by atoms with E-state index in [1.807, 2.05) is 32.9 Å². The zero-order chi connectivity index (χ0) is 11.8. The van der Waals surface area contributed by atoms with E-state index in [9.17, 15) is 4.79 Å². The standard InChI is InChI=1S/C13H16O2S/c1-13(2,3)15-12(14)11-8-9-6-4-5-7-10(9)16-11/h4-7,11H,8H2,1-3H3. The number of hydrogen-bond acceptors (Lipinski definition) is 3. The molecule has 2 rings (SSSR count). The summed E-state index contributed by atoms with van der Waals surface area (Å²) < 4.78 is 5.39. The van der Waals surface area contributed by atoms with Crippen molar-refractivity contribution < 1.29 is 9.53 Å². The molecule has 0 fully saturated rings. The Hall–Kier alpha value is -0.960. The maximum atomic E-state index is 11.9. The first-order valence-corrected chi connectivity index (χ1v) is 6.31. The predicted molar refractivity (Wildman–Crippen MR) is 65.6 cm³/mol. The van der Waals surface area contributed by atoms with Gasteiger partial charge >= 0.3 is 5.97 Å². The monoisotopic (exact) mass is 236 g/mol. The third-order valence-electron chi connectivity index (χ3n) is 2.32. The van der Waals surface area contributed by atoms with Gasteiger partial charge in [-0.1, -0.05) is 18.2 Å². The molecule has 16 heavy (non-hydrogen) atoms. The molecule has 1 aromatic rings. The molecule has 1 atom stereocenters. The number of esters is 1. The second kappa shape index (κ2) is 4.13. The first-order chi connectivity index (χ1) is 7.46. The largest absolute Gasteiger partial charge is 0.459 e. The van der Waals surface area contributed by atoms with Crippen LogP contribution in [0.2, 0.25) is 0 Å². The molecule has 0 aliphatic carbocycles. The van der Waals surface area contributed by atoms with Crippen molar-refractivity contribution in [2.75, 3.05) is 0 Å². The summed E-state index contributed by atoms with van der Waals surface area (Å²) in [4.78, 5) is 13.1. The number of benzene rings is 1. The van der Waals surface area contributed by atoms with E-state index in [1.54, 1.807) is 11.8 Å². The first kappa shape index (κ1) is 11.5. The third-order valence-corrected chi connectivity index (χ3v) is 3.61. The number of rotatable bonds is 1. The van der Waals surface area contributed by atoms with Gasteiger partial charge in [-0.25, -0.2) is 0 Å². The summed E-state index contributed by atoms with van der Waals surface area (Å²) in [6.07, 6.45) is 0.787. The number of hydrogen-bond donors (Lipinski definition) is 0. The molecule has 0 saturated heterocycles. The van der Waals surface area contributed by atoms with E-state index < -0.39 is 5.60 Å². The number of thioether (sulfide) groups is 1. The zero-order valence-electron chi connectivity index (χ0n) is 9.82. The van der Waals surface area contributed by atoms with Crippen LogP contribution in [0.25, 0.3) is 0 Å². The summed E-state index contributed by atoms with van der Waals surface area (Å²) in [5.74, 6) is -0.103. The Kier molecular flexibility index (Phi) is 2.98. The van der Waals surface area contributed by atoms with Crippen molar-refractivity contribution in [3.63, 3.8) is 0 Å². The van der Waals surface area contributed by atoms with Gasteiger partial charge in [0.2, 0.25) is 0 Å². The predicted octanol–water partition coefficient (Wildman–Crippen LogP) is 3.05. The zero-order valence-corrected chi connectivity index (χ0v) is 10.6. The highest BCUT2D eigenvalue weighted by atomic mass is 32.2. The molecule has 0 aromatic heterocycles. The summed E-state index contributed by atoms with van der Waals surface area (Å²) in [5, 5.41) is -0.0726. The van der Waals surface area contributed by atoms with E-state index in [0.29, 0.717) is 0 Å². The van der Waals surface area contributed by atoms with Gasteiger partial charge in [0.05, 0.1) is 0 Å². The van der Waals surface area contributed by atoms with E-state index in [0.717, 1.165) is 6.42 Å². The molecule has 2 nitrogen and oxygen atoms in total. The van der Waals surface area contributed by atoms with Crippen LogP contribution in [0.1, 0.15) is 26.3 Å². The Bertz CT molecular complexity index is 382. The maximum Gasteiger partial charge on any atom is 0.320 e. The average molecular weight is 236 g/mol. The lowest BCUT2D eigenvalue weighted by molar-refractivity contribution is -0.154. The molecule has 0 radical (unpaired) electrons. The van der Waals surface area contributed by atoms with Crippen LogP contribution in [-0.4, -0.2) is 16.8 Å². The molecule has 3 heteroatoms. The molecule has 0 N–H and O–H groups in total. The molecule has 86 valence electrons. The fourth-order valence-electron chi connectivity index (χ4n) is 1.68. The highest BCUT2D eigenvalue weighted by Crippen LogP contribution is 2.37. The van der Waals surface area contributed by atoms with Crippen LogP contribution in [0.3, 0.4) is 0 Å². The molecule has 0 amide bonds. The fraction of sp³-hybridized carbons (Fsp3) is 0.462. The van der Waals surface area contributed by atoms with Crippen LogP contribution in [0.5, 0.6) is 0 Å². The molecule has 1 aromatic carbocycles. The SMILES string of the molecule is CC(C)(C)OC(=O)C1Cc2ccccc2S1. The second-order valence-corrected chi connectivity index (χ2v) is 6.20. The molecule has 1 aliphatic heterocycles. The Balaban J connectivity index is 2.04. The smallest absolute Gasteiger partial charge is 0.320 e. The summed E-state index contributed by atoms with van der Waals surface area (Å²) in [7, 11) is 0. The first-order valence-electron chi connectivity index (χ1n) is 5.43. The van der Waals surface area contributed by atoms with E-state index in [4.69, 9.17) is 4.74 Å². The van der Waals surface area contributed by atoms with Gasteiger partial charge in [-0.2, -0.15) is 0 Å². The lowest BCUT2D eigenvalue weighted by Crippen LogP contribution is -2.30. The Labute approximate surface area is 100 Å². The van der Waals surface area contributed by atoms with Gasteiger partial charge in [-0.3, -0.25) is 4.79 Å². The van der Waals surface area contributed by atoms with E-state index >= 15 is 0 Å². The lowest BCUT2D eigenvalue weighted by atomic mass is 10.1. The van der Waals surface area contributed by atoms with Crippen molar-refractivity contribution in [3.05, 3.63) is 29.8 Å². The normalized spacial score (nSPS) is 19.3. The number of fused-ring (bicyclic) bond motifs is 1. The summed E-state index contributed by atoms with van der Waals surface area (Å²) in [5.41, 5.74) is 0.857. The van der Waals surface area contributed by atoms with Gasteiger partial charge in [0, 0.05) is 4.90 Å². The van der Waals surface area contributed by atoms with Crippen molar-refractivity contribution in [1.29, 1.82) is 0 Å².